The Balaban J connectivity index is 2.48. The molecule has 1 rings (SSSR count). The Morgan fingerprint density at radius 2 is 2.15 bits per heavy atom. The van der Waals surface area contributed by atoms with Gasteiger partial charge < -0.3 is 4.90 Å². The molecule has 0 bridgehead atoms. The van der Waals surface area contributed by atoms with Crippen molar-refractivity contribution in [3.05, 3.63) is 0 Å². The Bertz CT molecular complexity index is 200. The van der Waals surface area contributed by atoms with Crippen molar-refractivity contribution in [3.8, 4) is 0 Å². The smallest absolute Gasteiger partial charge is 0.137 e. The average Bonchev–Trinajstić information content (AvgIpc) is 2.32. The number of ketones is 1. The summed E-state index contributed by atoms with van der Waals surface area (Å²) in [5.74, 6) is 1.05. The molecule has 0 aromatic heterocycles. The van der Waals surface area contributed by atoms with Crippen LogP contribution < -0.4 is 0 Å². The monoisotopic (exact) mass is 183 g/mol. The van der Waals surface area contributed by atoms with Crippen LogP contribution in [0.3, 0.4) is 0 Å². The lowest BCUT2D eigenvalue weighted by atomic mass is 9.86. The fraction of sp³-hybridized carbons (Fsp3) is 0.909. The van der Waals surface area contributed by atoms with Gasteiger partial charge in [0.1, 0.15) is 5.78 Å². The molecule has 2 nitrogen and oxygen atoms in total. The molecule has 13 heavy (non-hydrogen) atoms. The zero-order valence-corrected chi connectivity index (χ0v) is 9.26. The number of rotatable bonds is 3. The normalized spacial score (nSPS) is 29.9. The molecule has 1 unspecified atom stereocenters. The van der Waals surface area contributed by atoms with Gasteiger partial charge >= 0.3 is 0 Å². The molecule has 0 amide bonds. The summed E-state index contributed by atoms with van der Waals surface area (Å²) < 4.78 is 0. The highest BCUT2D eigenvalue weighted by Crippen LogP contribution is 2.30. The summed E-state index contributed by atoms with van der Waals surface area (Å²) in [6.07, 6.45) is 1.04. The molecule has 0 saturated carbocycles. The second kappa shape index (κ2) is 3.79. The number of likely N-dealkylation sites (tertiary alicyclic amines) is 1. The Kier molecular flexibility index (Phi) is 3.12. The highest BCUT2D eigenvalue weighted by molar-refractivity contribution is 5.82. The first-order chi connectivity index (χ1) is 5.94. The Hall–Kier alpha value is -0.370. The van der Waals surface area contributed by atoms with Crippen molar-refractivity contribution < 1.29 is 4.79 Å². The van der Waals surface area contributed by atoms with Crippen LogP contribution in [0, 0.1) is 11.3 Å². The third kappa shape index (κ3) is 2.53. The van der Waals surface area contributed by atoms with Gasteiger partial charge in [-0.05, 0) is 25.8 Å². The molecule has 0 spiro atoms. The van der Waals surface area contributed by atoms with Crippen LogP contribution in [0.15, 0.2) is 0 Å². The van der Waals surface area contributed by atoms with Gasteiger partial charge in [0.2, 0.25) is 0 Å². The van der Waals surface area contributed by atoms with Gasteiger partial charge in [-0.15, -0.1) is 0 Å². The summed E-state index contributed by atoms with van der Waals surface area (Å²) in [5, 5.41) is 0. The van der Waals surface area contributed by atoms with Crippen molar-refractivity contribution in [2.24, 2.45) is 11.3 Å². The molecule has 1 aliphatic rings. The minimum atomic E-state index is -0.0606. The van der Waals surface area contributed by atoms with Crippen LogP contribution in [0.4, 0.5) is 0 Å². The van der Waals surface area contributed by atoms with Crippen LogP contribution in [-0.4, -0.2) is 30.3 Å². The van der Waals surface area contributed by atoms with Crippen molar-refractivity contribution >= 4 is 5.78 Å². The highest BCUT2D eigenvalue weighted by atomic mass is 16.1. The summed E-state index contributed by atoms with van der Waals surface area (Å²) >= 11 is 0. The largest absolute Gasteiger partial charge is 0.302 e. The van der Waals surface area contributed by atoms with Gasteiger partial charge in [0, 0.05) is 18.5 Å². The number of hydrogen-bond donors (Lipinski definition) is 0. The topological polar surface area (TPSA) is 20.3 Å². The van der Waals surface area contributed by atoms with Gasteiger partial charge in [0.25, 0.3) is 0 Å². The van der Waals surface area contributed by atoms with E-state index in [0.29, 0.717) is 11.7 Å². The molecule has 1 atom stereocenters. The lowest BCUT2D eigenvalue weighted by Crippen LogP contribution is -2.32. The predicted molar refractivity (Wildman–Crippen MR) is 54.7 cm³/mol. The van der Waals surface area contributed by atoms with E-state index in [9.17, 15) is 4.79 Å². The quantitative estimate of drug-likeness (QED) is 0.666. The standard InChI is InChI=1S/C11H21NO/c1-9(2)7-12-6-5-11(4,8-12)10(3)13/h9H,5-8H2,1-4H3. The summed E-state index contributed by atoms with van der Waals surface area (Å²) in [5.41, 5.74) is -0.0606. The Morgan fingerprint density at radius 1 is 1.54 bits per heavy atom. The molecule has 76 valence electrons. The first-order valence-electron chi connectivity index (χ1n) is 5.17. The summed E-state index contributed by atoms with van der Waals surface area (Å²) in [6, 6.07) is 0. The van der Waals surface area contributed by atoms with Crippen LogP contribution in [-0.2, 0) is 4.79 Å². The van der Waals surface area contributed by atoms with Crippen LogP contribution in [0.25, 0.3) is 0 Å². The zero-order valence-electron chi connectivity index (χ0n) is 9.26. The molecule has 0 aromatic carbocycles. The van der Waals surface area contributed by atoms with Gasteiger partial charge in [0.15, 0.2) is 0 Å². The molecule has 1 saturated heterocycles. The number of nitrogens with zero attached hydrogens (tertiary/aromatic N) is 1. The third-order valence-corrected chi connectivity index (χ3v) is 3.03. The fourth-order valence-electron chi connectivity index (χ4n) is 2.02. The van der Waals surface area contributed by atoms with Crippen LogP contribution in [0.5, 0.6) is 0 Å². The maximum Gasteiger partial charge on any atom is 0.137 e. The molecule has 2 heteroatoms. The minimum absolute atomic E-state index is 0.0606. The first-order valence-corrected chi connectivity index (χ1v) is 5.17. The first kappa shape index (κ1) is 10.7. The van der Waals surface area contributed by atoms with Gasteiger partial charge in [-0.3, -0.25) is 4.79 Å². The third-order valence-electron chi connectivity index (χ3n) is 3.03. The van der Waals surface area contributed by atoms with E-state index in [4.69, 9.17) is 0 Å². The van der Waals surface area contributed by atoms with Gasteiger partial charge in [-0.2, -0.15) is 0 Å². The summed E-state index contributed by atoms with van der Waals surface area (Å²) in [4.78, 5) is 13.8. The van der Waals surface area contributed by atoms with Crippen molar-refractivity contribution in [1.29, 1.82) is 0 Å². The number of carbonyl (C=O) groups excluding carboxylic acids is 1. The van der Waals surface area contributed by atoms with Crippen molar-refractivity contribution in [3.63, 3.8) is 0 Å². The molecule has 0 aliphatic carbocycles. The van der Waals surface area contributed by atoms with E-state index in [2.05, 4.69) is 25.7 Å². The molecule has 1 heterocycles. The molecule has 1 aliphatic heterocycles. The molecule has 1 fully saturated rings. The number of carbonyl (C=O) groups is 1. The van der Waals surface area contributed by atoms with Crippen LogP contribution in [0.1, 0.15) is 34.1 Å². The van der Waals surface area contributed by atoms with Crippen molar-refractivity contribution in [2.45, 2.75) is 34.1 Å². The molecular weight excluding hydrogens is 162 g/mol. The Labute approximate surface area is 81.3 Å². The van der Waals surface area contributed by atoms with E-state index >= 15 is 0 Å². The van der Waals surface area contributed by atoms with E-state index in [1.807, 2.05) is 0 Å². The maximum absolute atomic E-state index is 11.4. The summed E-state index contributed by atoms with van der Waals surface area (Å²) in [6.45, 7) is 11.4. The van der Waals surface area contributed by atoms with E-state index < -0.39 is 0 Å². The predicted octanol–water partition coefficient (Wildman–Crippen LogP) is 1.94. The SMILES string of the molecule is CC(=O)C1(C)CCN(CC(C)C)C1. The molecular formula is C11H21NO. The van der Waals surface area contributed by atoms with E-state index in [1.165, 1.54) is 0 Å². The van der Waals surface area contributed by atoms with E-state index in [1.54, 1.807) is 6.92 Å². The van der Waals surface area contributed by atoms with E-state index in [-0.39, 0.29) is 5.41 Å². The maximum atomic E-state index is 11.4. The number of hydrogen-bond acceptors (Lipinski definition) is 2. The lowest BCUT2D eigenvalue weighted by molar-refractivity contribution is -0.125. The van der Waals surface area contributed by atoms with E-state index in [0.717, 1.165) is 26.1 Å². The van der Waals surface area contributed by atoms with Gasteiger partial charge in [-0.1, -0.05) is 20.8 Å². The second-order valence-corrected chi connectivity index (χ2v) is 5.00. The number of Topliss-reactive ketones (excluding diaryl/α,β-unsaturated/α-hetero) is 1. The highest BCUT2D eigenvalue weighted by Gasteiger charge is 2.37. The lowest BCUT2D eigenvalue weighted by Gasteiger charge is -2.22. The average molecular weight is 183 g/mol. The Morgan fingerprint density at radius 3 is 2.54 bits per heavy atom. The molecule has 0 radical (unpaired) electrons. The zero-order chi connectivity index (χ0) is 10.1. The molecule has 0 aromatic rings. The van der Waals surface area contributed by atoms with Gasteiger partial charge in [0.05, 0.1) is 0 Å². The van der Waals surface area contributed by atoms with Gasteiger partial charge in [-0.25, -0.2) is 0 Å². The second-order valence-electron chi connectivity index (χ2n) is 5.00. The minimum Gasteiger partial charge on any atom is -0.302 e. The van der Waals surface area contributed by atoms with Crippen LogP contribution in [0.2, 0.25) is 0 Å². The summed E-state index contributed by atoms with van der Waals surface area (Å²) in [7, 11) is 0. The molecule has 0 N–H and O–H groups in total. The fourth-order valence-corrected chi connectivity index (χ4v) is 2.02. The van der Waals surface area contributed by atoms with Crippen LogP contribution >= 0.6 is 0 Å². The van der Waals surface area contributed by atoms with Crippen molar-refractivity contribution in [1.82, 2.24) is 4.90 Å². The van der Waals surface area contributed by atoms with Crippen molar-refractivity contribution in [2.75, 3.05) is 19.6 Å².